The quantitative estimate of drug-likeness (QED) is 0.595. The lowest BCUT2D eigenvalue weighted by molar-refractivity contribution is -0.172. The average molecular weight is 248 g/mol. The minimum atomic E-state index is -2.49. The third-order valence-corrected chi connectivity index (χ3v) is 1.97. The molecule has 0 radical (unpaired) electrons. The molecule has 17 heavy (non-hydrogen) atoms. The summed E-state index contributed by atoms with van der Waals surface area (Å²) in [6.07, 6.45) is -1.02. The number of aliphatic carboxylic acids is 1. The van der Waals surface area contributed by atoms with Gasteiger partial charge in [-0.2, -0.15) is 0 Å². The lowest BCUT2D eigenvalue weighted by Gasteiger charge is -2.20. The topological polar surface area (TPSA) is 110 Å². The molecule has 0 bridgehead atoms. The Bertz CT molecular complexity index is 299. The Balaban J connectivity index is 4.56. The molecule has 0 aromatic carbocycles. The van der Waals surface area contributed by atoms with E-state index in [9.17, 15) is 19.5 Å². The molecule has 0 aliphatic rings. The number of hydrogen-bond acceptors (Lipinski definition) is 6. The van der Waals surface area contributed by atoms with Gasteiger partial charge in [0, 0.05) is 0 Å². The minimum Gasteiger partial charge on any atom is -0.479 e. The molecule has 1 atom stereocenters. The summed E-state index contributed by atoms with van der Waals surface area (Å²) in [6, 6.07) is 0. The molecule has 7 nitrogen and oxygen atoms in total. The molecule has 0 saturated carbocycles. The average Bonchev–Trinajstić information content (AvgIpc) is 2.25. The maximum Gasteiger partial charge on any atom is 0.336 e. The Morgan fingerprint density at radius 3 is 2.12 bits per heavy atom. The van der Waals surface area contributed by atoms with Crippen molar-refractivity contribution in [3.63, 3.8) is 0 Å². The summed E-state index contributed by atoms with van der Waals surface area (Å²) >= 11 is 0. The van der Waals surface area contributed by atoms with Gasteiger partial charge in [-0.1, -0.05) is 6.92 Å². The van der Waals surface area contributed by atoms with Gasteiger partial charge in [-0.05, 0) is 6.42 Å². The fraction of sp³-hybridized carbons (Fsp3) is 0.700. The van der Waals surface area contributed by atoms with E-state index in [2.05, 4.69) is 9.47 Å². The molecule has 0 aromatic rings. The molecule has 0 rings (SSSR count). The van der Waals surface area contributed by atoms with Gasteiger partial charge in [0.15, 0.2) is 5.60 Å². The highest BCUT2D eigenvalue weighted by atomic mass is 16.5. The van der Waals surface area contributed by atoms with E-state index in [1.54, 1.807) is 6.92 Å². The summed E-state index contributed by atoms with van der Waals surface area (Å²) in [5.41, 5.74) is -2.49. The number of carbonyl (C=O) groups is 3. The first-order valence-corrected chi connectivity index (χ1v) is 5.04. The van der Waals surface area contributed by atoms with Crippen LogP contribution >= 0.6 is 0 Å². The first-order valence-electron chi connectivity index (χ1n) is 5.04. The van der Waals surface area contributed by atoms with E-state index in [0.29, 0.717) is 6.42 Å². The first kappa shape index (κ1) is 15.4. The number of carboxylic acids is 1. The van der Waals surface area contributed by atoms with Gasteiger partial charge >= 0.3 is 17.9 Å². The van der Waals surface area contributed by atoms with Crippen molar-refractivity contribution in [1.82, 2.24) is 0 Å². The maximum absolute atomic E-state index is 11.2. The van der Waals surface area contributed by atoms with E-state index in [4.69, 9.17) is 5.11 Å². The van der Waals surface area contributed by atoms with Gasteiger partial charge in [0.2, 0.25) is 0 Å². The van der Waals surface area contributed by atoms with Crippen LogP contribution in [0.25, 0.3) is 0 Å². The Labute approximate surface area is 98.3 Å². The largest absolute Gasteiger partial charge is 0.479 e. The van der Waals surface area contributed by atoms with Gasteiger partial charge in [0.1, 0.15) is 0 Å². The number of hydrogen-bond donors (Lipinski definition) is 2. The second-order valence-electron chi connectivity index (χ2n) is 3.49. The molecule has 0 spiro atoms. The highest BCUT2D eigenvalue weighted by Crippen LogP contribution is 2.17. The van der Waals surface area contributed by atoms with E-state index in [-0.39, 0.29) is 6.61 Å². The molecule has 0 aliphatic carbocycles. The Morgan fingerprint density at radius 2 is 1.71 bits per heavy atom. The monoisotopic (exact) mass is 248 g/mol. The third kappa shape index (κ3) is 5.30. The standard InChI is InChI=1S/C10H16O7/c1-3-4-17-8(12)6-10(15,9(13)14)5-7(11)16-2/h15H,3-6H2,1-2H3,(H,13,14). The fourth-order valence-electron chi connectivity index (χ4n) is 1.03. The van der Waals surface area contributed by atoms with Crippen molar-refractivity contribution in [2.45, 2.75) is 31.8 Å². The minimum absolute atomic E-state index is 0.132. The van der Waals surface area contributed by atoms with E-state index in [1.165, 1.54) is 0 Å². The number of carbonyl (C=O) groups excluding carboxylic acids is 2. The van der Waals surface area contributed by atoms with Crippen LogP contribution in [-0.2, 0) is 23.9 Å². The predicted molar refractivity (Wildman–Crippen MR) is 55.1 cm³/mol. The van der Waals surface area contributed by atoms with Crippen molar-refractivity contribution in [2.75, 3.05) is 13.7 Å². The van der Waals surface area contributed by atoms with Crippen molar-refractivity contribution in [2.24, 2.45) is 0 Å². The highest BCUT2D eigenvalue weighted by Gasteiger charge is 2.41. The number of aliphatic hydroxyl groups is 1. The summed E-state index contributed by atoms with van der Waals surface area (Å²) in [7, 11) is 1.06. The van der Waals surface area contributed by atoms with Crippen LogP contribution in [0.15, 0.2) is 0 Å². The Hall–Kier alpha value is -1.63. The zero-order valence-electron chi connectivity index (χ0n) is 9.76. The van der Waals surface area contributed by atoms with E-state index in [0.717, 1.165) is 7.11 Å². The predicted octanol–water partition coefficient (Wildman–Crippen LogP) is -0.292. The van der Waals surface area contributed by atoms with Gasteiger partial charge in [0.05, 0.1) is 26.6 Å². The number of carboxylic acid groups (broad SMARTS) is 1. The molecule has 0 saturated heterocycles. The van der Waals surface area contributed by atoms with E-state index < -0.39 is 36.4 Å². The van der Waals surface area contributed by atoms with Gasteiger partial charge in [-0.15, -0.1) is 0 Å². The number of esters is 2. The summed E-state index contributed by atoms with van der Waals surface area (Å²) in [5.74, 6) is -3.46. The van der Waals surface area contributed by atoms with Crippen molar-refractivity contribution in [1.29, 1.82) is 0 Å². The summed E-state index contributed by atoms with van der Waals surface area (Å²) in [5, 5.41) is 18.4. The molecule has 0 amide bonds. The van der Waals surface area contributed by atoms with Gasteiger partial charge in [-0.25, -0.2) is 4.79 Å². The molecular weight excluding hydrogens is 232 g/mol. The van der Waals surface area contributed by atoms with Crippen LogP contribution in [0.5, 0.6) is 0 Å². The van der Waals surface area contributed by atoms with Crippen molar-refractivity contribution in [3.8, 4) is 0 Å². The molecule has 0 fully saturated rings. The molecule has 0 heterocycles. The second-order valence-corrected chi connectivity index (χ2v) is 3.49. The van der Waals surface area contributed by atoms with Crippen molar-refractivity contribution >= 4 is 17.9 Å². The van der Waals surface area contributed by atoms with Crippen molar-refractivity contribution in [3.05, 3.63) is 0 Å². The van der Waals surface area contributed by atoms with Crippen LogP contribution in [-0.4, -0.2) is 47.4 Å². The van der Waals surface area contributed by atoms with Crippen LogP contribution < -0.4 is 0 Å². The van der Waals surface area contributed by atoms with Gasteiger partial charge in [-0.3, -0.25) is 9.59 Å². The summed E-state index contributed by atoms with van der Waals surface area (Å²) in [6.45, 7) is 1.90. The molecule has 1 unspecified atom stereocenters. The zero-order valence-corrected chi connectivity index (χ0v) is 9.76. The van der Waals surface area contributed by atoms with Crippen LogP contribution in [0, 0.1) is 0 Å². The normalized spacial score (nSPS) is 13.6. The lowest BCUT2D eigenvalue weighted by atomic mass is 9.96. The van der Waals surface area contributed by atoms with E-state index >= 15 is 0 Å². The molecule has 7 heteroatoms. The first-order chi connectivity index (χ1) is 7.85. The SMILES string of the molecule is CCCOC(=O)CC(O)(CC(=O)OC)C(=O)O. The Morgan fingerprint density at radius 1 is 1.18 bits per heavy atom. The van der Waals surface area contributed by atoms with Gasteiger partial charge in [0.25, 0.3) is 0 Å². The highest BCUT2D eigenvalue weighted by molar-refractivity contribution is 5.88. The molecule has 98 valence electrons. The molecule has 2 N–H and O–H groups in total. The zero-order chi connectivity index (χ0) is 13.5. The second kappa shape index (κ2) is 6.85. The summed E-state index contributed by atoms with van der Waals surface area (Å²) in [4.78, 5) is 32.9. The van der Waals surface area contributed by atoms with Gasteiger partial charge < -0.3 is 19.7 Å². The molecule has 0 aliphatic heterocycles. The van der Waals surface area contributed by atoms with Crippen LogP contribution in [0.3, 0.4) is 0 Å². The lowest BCUT2D eigenvalue weighted by Crippen LogP contribution is -2.43. The number of methoxy groups -OCH3 is 1. The fourth-order valence-corrected chi connectivity index (χ4v) is 1.03. The summed E-state index contributed by atoms with van der Waals surface area (Å²) < 4.78 is 8.88. The van der Waals surface area contributed by atoms with E-state index in [1.807, 2.05) is 0 Å². The molecular formula is C10H16O7. The smallest absolute Gasteiger partial charge is 0.336 e. The number of rotatable bonds is 7. The van der Waals surface area contributed by atoms with Crippen molar-refractivity contribution < 1.29 is 34.1 Å². The molecule has 0 aromatic heterocycles. The van der Waals surface area contributed by atoms with Crippen LogP contribution in [0.2, 0.25) is 0 Å². The van der Waals surface area contributed by atoms with Crippen LogP contribution in [0.4, 0.5) is 0 Å². The number of ether oxygens (including phenoxy) is 2. The maximum atomic E-state index is 11.2. The Kier molecular flexibility index (Phi) is 6.19. The third-order valence-electron chi connectivity index (χ3n) is 1.97. The van der Waals surface area contributed by atoms with Crippen LogP contribution in [0.1, 0.15) is 26.2 Å².